The van der Waals surface area contributed by atoms with Gasteiger partial charge in [0.05, 0.1) is 0 Å². The van der Waals surface area contributed by atoms with E-state index in [2.05, 4.69) is 55.2 Å². The van der Waals surface area contributed by atoms with Crippen LogP contribution in [0.15, 0.2) is 18.3 Å². The summed E-state index contributed by atoms with van der Waals surface area (Å²) < 4.78 is 1.82. The average Bonchev–Trinajstić information content (AvgIpc) is 3.09. The molecule has 2 aliphatic rings. The Hall–Kier alpha value is -1.91. The molecule has 0 saturated heterocycles. The largest absolute Gasteiger partial charge is 0.293 e. The van der Waals surface area contributed by atoms with E-state index in [0.717, 1.165) is 11.6 Å². The van der Waals surface area contributed by atoms with Crippen molar-refractivity contribution in [3.63, 3.8) is 0 Å². The fraction of sp³-hybridized carbons (Fsp3) is 0.708. The third-order valence-corrected chi connectivity index (χ3v) is 8.81. The molecule has 5 heteroatoms. The summed E-state index contributed by atoms with van der Waals surface area (Å²) in [5.41, 5.74) is 3.12. The van der Waals surface area contributed by atoms with E-state index in [-0.39, 0.29) is 11.3 Å². The zero-order valence-electron chi connectivity index (χ0n) is 18.7. The molecule has 2 aromatic rings. The fourth-order valence-electron chi connectivity index (χ4n) is 6.43. The van der Waals surface area contributed by atoms with Gasteiger partial charge in [0.2, 0.25) is 11.9 Å². The molecule has 1 amide bonds. The number of carbonyl (C=O) groups is 1. The molecule has 2 fully saturated rings. The van der Waals surface area contributed by atoms with Crippen LogP contribution in [0, 0.1) is 16.7 Å². The molecule has 2 aromatic heterocycles. The minimum Gasteiger partial charge on any atom is -0.293 e. The van der Waals surface area contributed by atoms with Crippen molar-refractivity contribution in [2.75, 3.05) is 5.32 Å². The van der Waals surface area contributed by atoms with Crippen LogP contribution in [-0.4, -0.2) is 20.5 Å². The first-order valence-corrected chi connectivity index (χ1v) is 11.3. The van der Waals surface area contributed by atoms with Crippen molar-refractivity contribution in [1.29, 1.82) is 0 Å². The van der Waals surface area contributed by atoms with Crippen LogP contribution >= 0.6 is 0 Å². The summed E-state index contributed by atoms with van der Waals surface area (Å²) in [4.78, 5) is 16.2. The molecule has 0 aromatic carbocycles. The number of nitrogens with one attached hydrogen (secondary N) is 1. The normalized spacial score (nSPS) is 35.1. The first kappa shape index (κ1) is 20.4. The Morgan fingerprint density at radius 3 is 2.69 bits per heavy atom. The van der Waals surface area contributed by atoms with Gasteiger partial charge in [0.25, 0.3) is 0 Å². The molecule has 2 heterocycles. The fourth-order valence-corrected chi connectivity index (χ4v) is 6.43. The minimum atomic E-state index is -0.140. The second-order valence-electron chi connectivity index (χ2n) is 10.3. The van der Waals surface area contributed by atoms with E-state index >= 15 is 0 Å². The molecule has 4 rings (SSSR count). The topological polar surface area (TPSA) is 59.3 Å². The van der Waals surface area contributed by atoms with Crippen molar-refractivity contribution < 1.29 is 4.79 Å². The highest BCUT2D eigenvalue weighted by molar-refractivity contribution is 5.86. The van der Waals surface area contributed by atoms with Gasteiger partial charge in [0.1, 0.15) is 0 Å². The van der Waals surface area contributed by atoms with E-state index < -0.39 is 0 Å². The van der Waals surface area contributed by atoms with E-state index in [4.69, 9.17) is 0 Å². The Morgan fingerprint density at radius 2 is 1.97 bits per heavy atom. The predicted molar refractivity (Wildman–Crippen MR) is 117 cm³/mol. The van der Waals surface area contributed by atoms with E-state index in [0.29, 0.717) is 16.8 Å². The Balaban J connectivity index is 1.75. The highest BCUT2D eigenvalue weighted by atomic mass is 16.1. The zero-order valence-corrected chi connectivity index (χ0v) is 18.7. The van der Waals surface area contributed by atoms with E-state index in [1.54, 1.807) is 0 Å². The Kier molecular flexibility index (Phi) is 4.99. The number of anilines is 1. The van der Waals surface area contributed by atoms with Crippen LogP contribution in [-0.2, 0) is 10.2 Å². The molecule has 1 N–H and O–H groups in total. The quantitative estimate of drug-likeness (QED) is 0.719. The number of hydrogen-bond acceptors (Lipinski definition) is 3. The Bertz CT molecular complexity index is 921. The van der Waals surface area contributed by atoms with E-state index in [9.17, 15) is 4.79 Å². The van der Waals surface area contributed by atoms with Crippen LogP contribution in [0.1, 0.15) is 91.5 Å². The number of aromatic nitrogens is 3. The number of carbonyl (C=O) groups excluding carboxylic acids is 1. The Labute approximate surface area is 174 Å². The van der Waals surface area contributed by atoms with Crippen molar-refractivity contribution in [3.05, 3.63) is 23.9 Å². The summed E-state index contributed by atoms with van der Waals surface area (Å²) in [6.45, 7) is 11.4. The molecule has 2 aliphatic carbocycles. The first-order valence-electron chi connectivity index (χ1n) is 11.3. The van der Waals surface area contributed by atoms with Crippen LogP contribution in [0.25, 0.3) is 5.65 Å². The predicted octanol–water partition coefficient (Wildman–Crippen LogP) is 5.74. The summed E-state index contributed by atoms with van der Waals surface area (Å²) in [6.07, 6.45) is 12.2. The lowest BCUT2D eigenvalue weighted by molar-refractivity contribution is -0.114. The van der Waals surface area contributed by atoms with E-state index in [1.807, 2.05) is 10.7 Å². The number of nitrogens with zero attached hydrogens (tertiary/aromatic N) is 3. The lowest BCUT2D eigenvalue weighted by Crippen LogP contribution is -2.47. The van der Waals surface area contributed by atoms with Gasteiger partial charge in [-0.05, 0) is 66.8 Å². The first-order chi connectivity index (χ1) is 13.7. The van der Waals surface area contributed by atoms with Gasteiger partial charge in [0.15, 0.2) is 5.65 Å². The molecule has 2 saturated carbocycles. The summed E-state index contributed by atoms with van der Waals surface area (Å²) in [5.74, 6) is 1.04. The molecule has 29 heavy (non-hydrogen) atoms. The van der Waals surface area contributed by atoms with Crippen molar-refractivity contribution in [3.8, 4) is 0 Å². The maximum Gasteiger partial charge on any atom is 0.249 e. The molecule has 0 aliphatic heterocycles. The summed E-state index contributed by atoms with van der Waals surface area (Å²) in [6, 6.07) is 4.29. The van der Waals surface area contributed by atoms with Crippen molar-refractivity contribution >= 4 is 17.5 Å². The maximum absolute atomic E-state index is 11.5. The number of hydrogen-bond donors (Lipinski definition) is 1. The maximum atomic E-state index is 11.5. The van der Waals surface area contributed by atoms with Crippen LogP contribution in [0.2, 0.25) is 0 Å². The standard InChI is InChI=1S/C24H36N4O/c1-6-24-11-8-10-22(4,17(24)2)12-13-23(5,14-15-24)19-9-7-16-28-20(19)26-21(27-28)25-18(3)29/h7,9,16-17H,6,8,10-15H2,1-5H3,(H,25,27,29). The Morgan fingerprint density at radius 1 is 1.21 bits per heavy atom. The monoisotopic (exact) mass is 396 g/mol. The van der Waals surface area contributed by atoms with Crippen molar-refractivity contribution in [1.82, 2.24) is 14.6 Å². The van der Waals surface area contributed by atoms with Gasteiger partial charge in [-0.1, -0.05) is 46.6 Å². The van der Waals surface area contributed by atoms with Crippen LogP contribution in [0.5, 0.6) is 0 Å². The van der Waals surface area contributed by atoms with Crippen LogP contribution in [0.4, 0.5) is 5.95 Å². The summed E-state index contributed by atoms with van der Waals surface area (Å²) in [5, 5.41) is 7.20. The van der Waals surface area contributed by atoms with Gasteiger partial charge >= 0.3 is 0 Å². The van der Waals surface area contributed by atoms with Crippen LogP contribution < -0.4 is 5.32 Å². The summed E-state index contributed by atoms with van der Waals surface area (Å²) >= 11 is 0. The van der Waals surface area contributed by atoms with E-state index in [1.165, 1.54) is 63.9 Å². The molecule has 0 spiro atoms. The highest BCUT2D eigenvalue weighted by Gasteiger charge is 2.50. The SMILES string of the molecule is CCC12CCCC(C)(CCC(C)(c3cccn4nc(NC(C)=O)nc34)CC1)C2C. The number of pyridine rings is 1. The second-order valence-corrected chi connectivity index (χ2v) is 10.3. The second kappa shape index (κ2) is 7.10. The number of rotatable bonds is 3. The highest BCUT2D eigenvalue weighted by Crippen LogP contribution is 2.60. The lowest BCUT2D eigenvalue weighted by atomic mass is 9.49. The smallest absolute Gasteiger partial charge is 0.249 e. The average molecular weight is 397 g/mol. The van der Waals surface area contributed by atoms with Crippen molar-refractivity contribution in [2.45, 2.75) is 91.4 Å². The van der Waals surface area contributed by atoms with Gasteiger partial charge in [-0.15, -0.1) is 5.10 Å². The van der Waals surface area contributed by atoms with Crippen LogP contribution in [0.3, 0.4) is 0 Å². The molecule has 4 unspecified atom stereocenters. The minimum absolute atomic E-state index is 0.0716. The third kappa shape index (κ3) is 3.36. The number of fused-ring (bicyclic) bond motifs is 3. The lowest BCUT2D eigenvalue weighted by Gasteiger charge is -2.56. The third-order valence-electron chi connectivity index (χ3n) is 8.81. The van der Waals surface area contributed by atoms with Gasteiger partial charge in [0, 0.05) is 18.7 Å². The molecule has 2 bridgehead atoms. The summed E-state index contributed by atoms with van der Waals surface area (Å²) in [7, 11) is 0. The molecule has 158 valence electrons. The van der Waals surface area contributed by atoms with Gasteiger partial charge in [-0.25, -0.2) is 4.52 Å². The zero-order chi connectivity index (χ0) is 20.9. The van der Waals surface area contributed by atoms with Gasteiger partial charge in [-0.3, -0.25) is 10.1 Å². The van der Waals surface area contributed by atoms with Crippen molar-refractivity contribution in [2.24, 2.45) is 16.7 Å². The molecule has 0 radical (unpaired) electrons. The van der Waals surface area contributed by atoms with Gasteiger partial charge < -0.3 is 0 Å². The molecular formula is C24H36N4O. The molecule has 5 nitrogen and oxygen atoms in total. The molecule has 4 atom stereocenters. The molecular weight excluding hydrogens is 360 g/mol. The number of amides is 1. The van der Waals surface area contributed by atoms with Gasteiger partial charge in [-0.2, -0.15) is 4.98 Å².